The summed E-state index contributed by atoms with van der Waals surface area (Å²) in [6, 6.07) is 16.7. The third kappa shape index (κ3) is 4.85. The number of aliphatic hydroxyl groups is 1. The third-order valence-corrected chi connectivity index (χ3v) is 3.53. The molecular weight excluding hydrogens is 330 g/mol. The number of benzene rings is 2. The van der Waals surface area contributed by atoms with Gasteiger partial charge in [-0.05, 0) is 29.3 Å². The van der Waals surface area contributed by atoms with Crippen LogP contribution in [0.1, 0.15) is 17.2 Å². The van der Waals surface area contributed by atoms with Gasteiger partial charge in [-0.25, -0.2) is 0 Å². The molecule has 2 aromatic carbocycles. The summed E-state index contributed by atoms with van der Waals surface area (Å²) in [5, 5.41) is 12.2. The molecule has 2 aromatic rings. The largest absolute Gasteiger partial charge is 0.394 e. The number of hydrogen-bond acceptors (Lipinski definition) is 2. The molecule has 0 fully saturated rings. The average Bonchev–Trinajstić information content (AvgIpc) is 2.53. The SMILES string of the molecule is O=C(C=Cc1ccc(Br)cc1)NC(CO)c1ccccc1. The fourth-order valence-corrected chi connectivity index (χ4v) is 2.15. The standard InChI is InChI=1S/C17H16BrNO2/c18-15-9-6-13(7-10-15)8-11-17(21)19-16(12-20)14-4-2-1-3-5-14/h1-11,16,20H,12H2,(H,19,21). The van der Waals surface area contributed by atoms with Crippen LogP contribution in [0.2, 0.25) is 0 Å². The summed E-state index contributed by atoms with van der Waals surface area (Å²) in [6.07, 6.45) is 3.20. The van der Waals surface area contributed by atoms with Crippen molar-refractivity contribution in [2.75, 3.05) is 6.61 Å². The Labute approximate surface area is 132 Å². The Morgan fingerprint density at radius 2 is 1.81 bits per heavy atom. The molecule has 1 atom stereocenters. The van der Waals surface area contributed by atoms with E-state index in [2.05, 4.69) is 21.2 Å². The first-order chi connectivity index (χ1) is 10.2. The van der Waals surface area contributed by atoms with Crippen molar-refractivity contribution in [2.45, 2.75) is 6.04 Å². The molecule has 1 amide bonds. The molecule has 0 saturated heterocycles. The second-order valence-corrected chi connectivity index (χ2v) is 5.45. The number of carbonyl (C=O) groups is 1. The molecule has 0 saturated carbocycles. The van der Waals surface area contributed by atoms with E-state index in [1.54, 1.807) is 6.08 Å². The molecule has 0 aliphatic rings. The number of hydrogen-bond donors (Lipinski definition) is 2. The smallest absolute Gasteiger partial charge is 0.244 e. The molecule has 0 spiro atoms. The summed E-state index contributed by atoms with van der Waals surface area (Å²) >= 11 is 3.36. The highest BCUT2D eigenvalue weighted by Crippen LogP contribution is 2.13. The predicted molar refractivity (Wildman–Crippen MR) is 87.6 cm³/mol. The normalized spacial score (nSPS) is 12.3. The summed E-state index contributed by atoms with van der Waals surface area (Å²) in [5.74, 6) is -0.235. The monoisotopic (exact) mass is 345 g/mol. The van der Waals surface area contributed by atoms with Crippen LogP contribution in [0.4, 0.5) is 0 Å². The van der Waals surface area contributed by atoms with Crippen molar-refractivity contribution in [3.63, 3.8) is 0 Å². The lowest BCUT2D eigenvalue weighted by Gasteiger charge is -2.15. The molecule has 2 N–H and O–H groups in total. The zero-order valence-electron chi connectivity index (χ0n) is 11.4. The Bertz CT molecular complexity index is 608. The first-order valence-corrected chi connectivity index (χ1v) is 7.38. The van der Waals surface area contributed by atoms with Crippen molar-refractivity contribution in [2.24, 2.45) is 0 Å². The number of nitrogens with one attached hydrogen (secondary N) is 1. The number of aliphatic hydroxyl groups excluding tert-OH is 1. The Hall–Kier alpha value is -1.91. The van der Waals surface area contributed by atoms with Gasteiger partial charge < -0.3 is 10.4 Å². The van der Waals surface area contributed by atoms with Gasteiger partial charge in [0.05, 0.1) is 12.6 Å². The van der Waals surface area contributed by atoms with Gasteiger partial charge in [0.25, 0.3) is 0 Å². The van der Waals surface area contributed by atoms with Gasteiger partial charge in [0.2, 0.25) is 5.91 Å². The molecule has 0 radical (unpaired) electrons. The van der Waals surface area contributed by atoms with E-state index in [0.29, 0.717) is 0 Å². The van der Waals surface area contributed by atoms with Crippen LogP contribution in [0.5, 0.6) is 0 Å². The van der Waals surface area contributed by atoms with Crippen LogP contribution in [0.3, 0.4) is 0 Å². The van der Waals surface area contributed by atoms with E-state index in [4.69, 9.17) is 0 Å². The molecule has 3 nitrogen and oxygen atoms in total. The number of rotatable bonds is 5. The summed E-state index contributed by atoms with van der Waals surface area (Å²) in [7, 11) is 0. The fourth-order valence-electron chi connectivity index (χ4n) is 1.89. The van der Waals surface area contributed by atoms with Crippen LogP contribution >= 0.6 is 15.9 Å². The van der Waals surface area contributed by atoms with Gasteiger partial charge in [0.15, 0.2) is 0 Å². The summed E-state index contributed by atoms with van der Waals surface area (Å²) in [5.41, 5.74) is 1.82. The molecule has 0 aliphatic carbocycles. The topological polar surface area (TPSA) is 49.3 Å². The molecule has 108 valence electrons. The van der Waals surface area contributed by atoms with E-state index < -0.39 is 6.04 Å². The van der Waals surface area contributed by atoms with Gasteiger partial charge in [-0.15, -0.1) is 0 Å². The minimum atomic E-state index is -0.395. The van der Waals surface area contributed by atoms with Crippen LogP contribution in [0.15, 0.2) is 65.1 Å². The quantitative estimate of drug-likeness (QED) is 0.816. The van der Waals surface area contributed by atoms with Crippen molar-refractivity contribution in [1.29, 1.82) is 0 Å². The second-order valence-electron chi connectivity index (χ2n) is 4.54. The molecule has 21 heavy (non-hydrogen) atoms. The van der Waals surface area contributed by atoms with E-state index >= 15 is 0 Å². The highest BCUT2D eigenvalue weighted by atomic mass is 79.9. The number of carbonyl (C=O) groups excluding carboxylic acids is 1. The number of amides is 1. The average molecular weight is 346 g/mol. The lowest BCUT2D eigenvalue weighted by molar-refractivity contribution is -0.117. The molecule has 0 bridgehead atoms. The molecule has 4 heteroatoms. The second kappa shape index (κ2) is 7.76. The van der Waals surface area contributed by atoms with Crippen molar-refractivity contribution < 1.29 is 9.90 Å². The van der Waals surface area contributed by atoms with Crippen LogP contribution < -0.4 is 5.32 Å². The molecular formula is C17H16BrNO2. The van der Waals surface area contributed by atoms with Crippen LogP contribution in [-0.2, 0) is 4.79 Å². The molecule has 0 aromatic heterocycles. The number of halogens is 1. The molecule has 0 aliphatic heterocycles. The molecule has 2 rings (SSSR count). The first-order valence-electron chi connectivity index (χ1n) is 6.59. The van der Waals surface area contributed by atoms with E-state index in [0.717, 1.165) is 15.6 Å². The van der Waals surface area contributed by atoms with Crippen LogP contribution in [0, 0.1) is 0 Å². The zero-order chi connectivity index (χ0) is 15.1. The first kappa shape index (κ1) is 15.5. The minimum Gasteiger partial charge on any atom is -0.394 e. The van der Waals surface area contributed by atoms with Crippen LogP contribution in [0.25, 0.3) is 6.08 Å². The van der Waals surface area contributed by atoms with Gasteiger partial charge in [-0.3, -0.25) is 4.79 Å². The van der Waals surface area contributed by atoms with Crippen molar-refractivity contribution in [1.82, 2.24) is 5.32 Å². The Kier molecular flexibility index (Phi) is 5.72. The van der Waals surface area contributed by atoms with Gasteiger partial charge in [0.1, 0.15) is 0 Å². The van der Waals surface area contributed by atoms with E-state index in [1.165, 1.54) is 6.08 Å². The Morgan fingerprint density at radius 1 is 1.14 bits per heavy atom. The maximum Gasteiger partial charge on any atom is 0.244 e. The highest BCUT2D eigenvalue weighted by Gasteiger charge is 2.11. The van der Waals surface area contributed by atoms with Gasteiger partial charge in [0, 0.05) is 10.5 Å². The molecule has 0 heterocycles. The van der Waals surface area contributed by atoms with E-state index in [-0.39, 0.29) is 12.5 Å². The van der Waals surface area contributed by atoms with Gasteiger partial charge in [-0.1, -0.05) is 58.4 Å². The van der Waals surface area contributed by atoms with E-state index in [1.807, 2.05) is 54.6 Å². The zero-order valence-corrected chi connectivity index (χ0v) is 13.0. The van der Waals surface area contributed by atoms with E-state index in [9.17, 15) is 9.90 Å². The Balaban J connectivity index is 1.98. The maximum absolute atomic E-state index is 11.9. The van der Waals surface area contributed by atoms with Gasteiger partial charge in [-0.2, -0.15) is 0 Å². The van der Waals surface area contributed by atoms with Crippen molar-refractivity contribution in [3.05, 3.63) is 76.3 Å². The maximum atomic E-state index is 11.9. The summed E-state index contributed by atoms with van der Waals surface area (Å²) < 4.78 is 0.994. The third-order valence-electron chi connectivity index (χ3n) is 3.00. The van der Waals surface area contributed by atoms with Crippen molar-refractivity contribution >= 4 is 27.9 Å². The highest BCUT2D eigenvalue weighted by molar-refractivity contribution is 9.10. The predicted octanol–water partition coefficient (Wildman–Crippen LogP) is 3.31. The fraction of sp³-hybridized carbons (Fsp3) is 0.118. The summed E-state index contributed by atoms with van der Waals surface area (Å²) in [6.45, 7) is -0.137. The lowest BCUT2D eigenvalue weighted by Crippen LogP contribution is -2.29. The Morgan fingerprint density at radius 3 is 2.43 bits per heavy atom. The molecule has 1 unspecified atom stereocenters. The van der Waals surface area contributed by atoms with Crippen LogP contribution in [-0.4, -0.2) is 17.6 Å². The van der Waals surface area contributed by atoms with Crippen molar-refractivity contribution in [3.8, 4) is 0 Å². The van der Waals surface area contributed by atoms with Gasteiger partial charge >= 0.3 is 0 Å². The lowest BCUT2D eigenvalue weighted by atomic mass is 10.1. The summed E-state index contributed by atoms with van der Waals surface area (Å²) in [4.78, 5) is 11.9. The minimum absolute atomic E-state index is 0.137.